The van der Waals surface area contributed by atoms with Gasteiger partial charge in [0.2, 0.25) is 11.8 Å². The Morgan fingerprint density at radius 3 is 2.35 bits per heavy atom. The molecule has 1 fully saturated rings. The Bertz CT molecular complexity index is 867. The van der Waals surface area contributed by atoms with Gasteiger partial charge < -0.3 is 30.1 Å². The van der Waals surface area contributed by atoms with Crippen LogP contribution in [0.2, 0.25) is 0 Å². The molecule has 37 heavy (non-hydrogen) atoms. The summed E-state index contributed by atoms with van der Waals surface area (Å²) in [4.78, 5) is 40.3. The molecule has 4 unspecified atom stereocenters. The summed E-state index contributed by atoms with van der Waals surface area (Å²) in [5.74, 6) is -1.84. The van der Waals surface area contributed by atoms with E-state index in [4.69, 9.17) is 9.47 Å². The molecule has 0 aromatic heterocycles. The van der Waals surface area contributed by atoms with E-state index in [0.29, 0.717) is 18.9 Å². The lowest BCUT2D eigenvalue weighted by atomic mass is 9.91. The first-order valence-electron chi connectivity index (χ1n) is 13.3. The zero-order valence-corrected chi connectivity index (χ0v) is 23.1. The number of amides is 2. The topological polar surface area (TPSA) is 117 Å². The van der Waals surface area contributed by atoms with Gasteiger partial charge in [-0.25, -0.2) is 4.79 Å². The molecule has 9 nitrogen and oxygen atoms in total. The molecule has 7 atom stereocenters. The van der Waals surface area contributed by atoms with Crippen molar-refractivity contribution in [1.82, 2.24) is 15.5 Å². The fourth-order valence-electron chi connectivity index (χ4n) is 5.38. The Morgan fingerprint density at radius 1 is 1.14 bits per heavy atom. The molecule has 1 aliphatic rings. The number of carbonyl (C=O) groups is 3. The van der Waals surface area contributed by atoms with E-state index < -0.39 is 29.9 Å². The molecule has 1 heterocycles. The Morgan fingerprint density at radius 2 is 1.81 bits per heavy atom. The SMILES string of the molecule is CCC(C)[C@H](NC)C(CC(=O)N1CCC[C@H]1C(OC)[C@@H](C)C(=O)NC(Cc1ccccc1)C(=O)O)OC. The molecule has 0 aliphatic carbocycles. The Kier molecular flexibility index (Phi) is 12.5. The monoisotopic (exact) mass is 519 g/mol. The Balaban J connectivity index is 2.10. The largest absolute Gasteiger partial charge is 0.480 e. The maximum Gasteiger partial charge on any atom is 0.326 e. The fourth-order valence-corrected chi connectivity index (χ4v) is 5.38. The lowest BCUT2D eigenvalue weighted by Crippen LogP contribution is -2.53. The second-order valence-corrected chi connectivity index (χ2v) is 10.1. The quantitative estimate of drug-likeness (QED) is 0.326. The predicted octanol–water partition coefficient (Wildman–Crippen LogP) is 2.48. The van der Waals surface area contributed by atoms with Gasteiger partial charge in [-0.05, 0) is 31.4 Å². The number of nitrogens with zero attached hydrogens (tertiary/aromatic N) is 1. The van der Waals surface area contributed by atoms with Crippen LogP contribution in [-0.2, 0) is 30.3 Å². The van der Waals surface area contributed by atoms with Gasteiger partial charge >= 0.3 is 5.97 Å². The number of rotatable bonds is 15. The first-order valence-corrected chi connectivity index (χ1v) is 13.3. The van der Waals surface area contributed by atoms with Crippen LogP contribution >= 0.6 is 0 Å². The van der Waals surface area contributed by atoms with Crippen molar-refractivity contribution in [3.8, 4) is 0 Å². The second-order valence-electron chi connectivity index (χ2n) is 10.1. The van der Waals surface area contributed by atoms with Gasteiger partial charge in [0.25, 0.3) is 0 Å². The van der Waals surface area contributed by atoms with E-state index in [0.717, 1.165) is 18.4 Å². The third kappa shape index (κ3) is 8.25. The minimum absolute atomic E-state index is 0.0277. The van der Waals surface area contributed by atoms with Crippen molar-refractivity contribution in [2.75, 3.05) is 27.8 Å². The Labute approximate surface area is 221 Å². The first-order chi connectivity index (χ1) is 17.7. The van der Waals surface area contributed by atoms with E-state index in [1.54, 1.807) is 14.0 Å². The van der Waals surface area contributed by atoms with Gasteiger partial charge in [-0.1, -0.05) is 57.5 Å². The number of likely N-dealkylation sites (N-methyl/N-ethyl adjacent to an activating group) is 1. The van der Waals surface area contributed by atoms with Gasteiger partial charge in [-0.15, -0.1) is 0 Å². The molecule has 1 aromatic rings. The van der Waals surface area contributed by atoms with Crippen LogP contribution in [0.3, 0.4) is 0 Å². The highest BCUT2D eigenvalue weighted by Gasteiger charge is 2.41. The minimum Gasteiger partial charge on any atom is -0.480 e. The van der Waals surface area contributed by atoms with Gasteiger partial charge in [-0.2, -0.15) is 0 Å². The van der Waals surface area contributed by atoms with E-state index in [-0.39, 0.29) is 36.9 Å². The molecular weight excluding hydrogens is 474 g/mol. The molecule has 0 radical (unpaired) electrons. The first kappa shape index (κ1) is 30.7. The molecule has 1 aliphatic heterocycles. The van der Waals surface area contributed by atoms with Gasteiger partial charge in [0, 0.05) is 33.2 Å². The normalized spacial score (nSPS) is 20.5. The number of likely N-dealkylation sites (tertiary alicyclic amines) is 1. The summed E-state index contributed by atoms with van der Waals surface area (Å²) in [6, 6.07) is 7.90. The van der Waals surface area contributed by atoms with Crippen LogP contribution < -0.4 is 10.6 Å². The van der Waals surface area contributed by atoms with Crippen LogP contribution in [0.1, 0.15) is 52.0 Å². The summed E-state index contributed by atoms with van der Waals surface area (Å²) in [5.41, 5.74) is 0.823. The molecular formula is C28H45N3O6. The second kappa shape index (κ2) is 15.1. The van der Waals surface area contributed by atoms with Crippen LogP contribution in [-0.4, -0.2) is 85.9 Å². The summed E-state index contributed by atoms with van der Waals surface area (Å²) < 4.78 is 11.5. The van der Waals surface area contributed by atoms with Crippen molar-refractivity contribution in [2.45, 2.75) is 83.2 Å². The van der Waals surface area contributed by atoms with E-state index >= 15 is 0 Å². The molecule has 1 aromatic carbocycles. The summed E-state index contributed by atoms with van der Waals surface area (Å²) in [6.45, 7) is 6.57. The average Bonchev–Trinajstić information content (AvgIpc) is 3.38. The van der Waals surface area contributed by atoms with Crippen molar-refractivity contribution >= 4 is 17.8 Å². The fraction of sp³-hybridized carbons (Fsp3) is 0.679. The van der Waals surface area contributed by atoms with Crippen LogP contribution in [0.15, 0.2) is 30.3 Å². The zero-order valence-electron chi connectivity index (χ0n) is 23.1. The van der Waals surface area contributed by atoms with E-state index in [1.165, 1.54) is 7.11 Å². The highest BCUT2D eigenvalue weighted by Crippen LogP contribution is 2.28. The number of carbonyl (C=O) groups excluding carboxylic acids is 2. The number of benzene rings is 1. The van der Waals surface area contributed by atoms with E-state index in [1.807, 2.05) is 42.3 Å². The summed E-state index contributed by atoms with van der Waals surface area (Å²) >= 11 is 0. The van der Waals surface area contributed by atoms with Crippen molar-refractivity contribution < 1.29 is 29.0 Å². The molecule has 3 N–H and O–H groups in total. The van der Waals surface area contributed by atoms with Crippen LogP contribution in [0.5, 0.6) is 0 Å². The maximum atomic E-state index is 13.4. The molecule has 2 rings (SSSR count). The van der Waals surface area contributed by atoms with E-state index in [2.05, 4.69) is 24.5 Å². The number of methoxy groups -OCH3 is 2. The number of nitrogens with one attached hydrogen (secondary N) is 2. The predicted molar refractivity (Wildman–Crippen MR) is 142 cm³/mol. The van der Waals surface area contributed by atoms with Crippen molar-refractivity contribution in [3.63, 3.8) is 0 Å². The zero-order chi connectivity index (χ0) is 27.5. The van der Waals surface area contributed by atoms with Gasteiger partial charge in [0.05, 0.1) is 30.6 Å². The highest BCUT2D eigenvalue weighted by molar-refractivity contribution is 5.85. The lowest BCUT2D eigenvalue weighted by Gasteiger charge is -2.36. The van der Waals surface area contributed by atoms with Gasteiger partial charge in [-0.3, -0.25) is 9.59 Å². The maximum absolute atomic E-state index is 13.4. The number of aliphatic carboxylic acids is 1. The van der Waals surface area contributed by atoms with Gasteiger partial charge in [0.1, 0.15) is 6.04 Å². The number of hydrogen-bond donors (Lipinski definition) is 3. The van der Waals surface area contributed by atoms with Crippen molar-refractivity contribution in [1.29, 1.82) is 0 Å². The Hall–Kier alpha value is -2.49. The number of carboxylic acid groups (broad SMARTS) is 1. The molecule has 2 amide bonds. The summed E-state index contributed by atoms with van der Waals surface area (Å²) in [6.07, 6.45) is 2.07. The number of carboxylic acids is 1. The molecule has 208 valence electrons. The highest BCUT2D eigenvalue weighted by atomic mass is 16.5. The summed E-state index contributed by atoms with van der Waals surface area (Å²) in [7, 11) is 5.05. The molecule has 1 saturated heterocycles. The van der Waals surface area contributed by atoms with Crippen LogP contribution in [0, 0.1) is 11.8 Å². The van der Waals surface area contributed by atoms with Crippen molar-refractivity contribution in [3.05, 3.63) is 35.9 Å². The number of hydrogen-bond acceptors (Lipinski definition) is 6. The third-order valence-electron chi connectivity index (χ3n) is 7.74. The molecule has 0 saturated carbocycles. The third-order valence-corrected chi connectivity index (χ3v) is 7.74. The van der Waals surface area contributed by atoms with Crippen LogP contribution in [0.4, 0.5) is 0 Å². The smallest absolute Gasteiger partial charge is 0.326 e. The van der Waals surface area contributed by atoms with Crippen LogP contribution in [0.25, 0.3) is 0 Å². The lowest BCUT2D eigenvalue weighted by molar-refractivity contribution is -0.145. The average molecular weight is 520 g/mol. The molecule has 9 heteroatoms. The minimum atomic E-state index is -1.10. The molecule has 0 bridgehead atoms. The van der Waals surface area contributed by atoms with E-state index in [9.17, 15) is 19.5 Å². The number of ether oxygens (including phenoxy) is 2. The van der Waals surface area contributed by atoms with Gasteiger partial charge in [0.15, 0.2) is 0 Å². The molecule has 0 spiro atoms. The summed E-state index contributed by atoms with van der Waals surface area (Å²) in [5, 5.41) is 15.7. The standard InChI is InChI=1S/C28H45N3O6/c1-7-18(2)25(29-4)23(36-5)17-24(32)31-15-11-14-22(31)26(37-6)19(3)27(33)30-21(28(34)35)16-20-12-9-8-10-13-20/h8-10,12-13,18-19,21-23,25-26,29H,7,11,14-17H2,1-6H3,(H,30,33)(H,34,35)/t18?,19-,21?,22+,23?,25+,26?/m1/s1. The van der Waals surface area contributed by atoms with Crippen molar-refractivity contribution in [2.24, 2.45) is 11.8 Å².